The molecule has 4 aromatic rings. The smallest absolute Gasteiger partial charge is 0.350 e. The number of methoxy groups -OCH3 is 1. The van der Waals surface area contributed by atoms with Gasteiger partial charge in [0, 0.05) is 0 Å². The van der Waals surface area contributed by atoms with Crippen molar-refractivity contribution in [2.45, 2.75) is 26.8 Å². The number of aryl methyl sites for hydroxylation is 2. The minimum Gasteiger partial charge on any atom is -0.497 e. The van der Waals surface area contributed by atoms with Crippen LogP contribution in [0.5, 0.6) is 5.75 Å². The van der Waals surface area contributed by atoms with Crippen molar-refractivity contribution in [2.75, 3.05) is 18.6 Å². The molecule has 0 N–H and O–H groups in total. The van der Waals surface area contributed by atoms with E-state index in [4.69, 9.17) is 13.9 Å². The summed E-state index contributed by atoms with van der Waals surface area (Å²) in [5.74, 6) is -0.473. The second-order valence-corrected chi connectivity index (χ2v) is 9.14. The van der Waals surface area contributed by atoms with E-state index in [-0.39, 0.29) is 28.5 Å². The number of carbonyl (C=O) groups is 2. The van der Waals surface area contributed by atoms with E-state index in [2.05, 4.69) is 4.98 Å². The van der Waals surface area contributed by atoms with Gasteiger partial charge in [0.25, 0.3) is 5.91 Å². The molecule has 1 amide bonds. The number of nitrogens with zero attached hydrogens (tertiary/aromatic N) is 2. The topological polar surface area (TPSA) is 98.9 Å². The van der Waals surface area contributed by atoms with Gasteiger partial charge in [-0.1, -0.05) is 35.1 Å². The Hall–Kier alpha value is -3.98. The Bertz CT molecular complexity index is 1550. The summed E-state index contributed by atoms with van der Waals surface area (Å²) in [6, 6.07) is 11.6. The summed E-state index contributed by atoms with van der Waals surface area (Å²) in [5.41, 5.74) is 2.28. The lowest BCUT2D eigenvalue weighted by molar-refractivity contribution is 0.0531. The van der Waals surface area contributed by atoms with Crippen molar-refractivity contribution in [1.82, 2.24) is 4.98 Å². The van der Waals surface area contributed by atoms with Crippen LogP contribution < -0.4 is 15.1 Å². The van der Waals surface area contributed by atoms with Crippen molar-refractivity contribution >= 4 is 39.3 Å². The third-order valence-corrected chi connectivity index (χ3v) is 7.02. The quantitative estimate of drug-likeness (QED) is 0.371. The summed E-state index contributed by atoms with van der Waals surface area (Å²) >= 11 is 1.04. The molecule has 9 heteroatoms. The van der Waals surface area contributed by atoms with Gasteiger partial charge in [-0.15, -0.1) is 0 Å². The minimum atomic E-state index is -0.811. The van der Waals surface area contributed by atoms with Crippen LogP contribution in [0.1, 0.15) is 55.6 Å². The molecule has 1 aliphatic rings. The molecule has 0 saturated heterocycles. The van der Waals surface area contributed by atoms with Crippen LogP contribution >= 0.6 is 11.3 Å². The molecule has 35 heavy (non-hydrogen) atoms. The second kappa shape index (κ2) is 8.66. The van der Waals surface area contributed by atoms with E-state index in [1.807, 2.05) is 19.1 Å². The number of anilines is 1. The SMILES string of the molecule is CCOC(=O)c1sc(N2C(=O)c3oc4ccc(C)cc4c(=O)c3C2c2cccc(OC)c2)nc1C. The van der Waals surface area contributed by atoms with Gasteiger partial charge in [-0.3, -0.25) is 14.5 Å². The maximum Gasteiger partial charge on any atom is 0.350 e. The average Bonchev–Trinajstić information content (AvgIpc) is 3.37. The van der Waals surface area contributed by atoms with Crippen LogP contribution in [0.15, 0.2) is 51.7 Å². The predicted molar refractivity (Wildman–Crippen MR) is 132 cm³/mol. The Kier molecular flexibility index (Phi) is 5.64. The van der Waals surface area contributed by atoms with Gasteiger partial charge in [0.1, 0.15) is 16.2 Å². The average molecular weight is 491 g/mol. The summed E-state index contributed by atoms with van der Waals surface area (Å²) in [7, 11) is 1.55. The molecular formula is C26H22N2O6S. The number of ether oxygens (including phenoxy) is 2. The van der Waals surface area contributed by atoms with Gasteiger partial charge in [-0.05, 0) is 50.6 Å². The molecule has 2 aromatic carbocycles. The van der Waals surface area contributed by atoms with Gasteiger partial charge in [0.05, 0.1) is 36.4 Å². The largest absolute Gasteiger partial charge is 0.497 e. The number of rotatable bonds is 5. The molecule has 0 radical (unpaired) electrons. The lowest BCUT2D eigenvalue weighted by atomic mass is 9.98. The Morgan fingerprint density at radius 3 is 2.71 bits per heavy atom. The van der Waals surface area contributed by atoms with Crippen LogP contribution in [0.3, 0.4) is 0 Å². The summed E-state index contributed by atoms with van der Waals surface area (Å²) in [6.07, 6.45) is 0. The first-order chi connectivity index (χ1) is 16.8. The molecule has 0 spiro atoms. The first kappa shape index (κ1) is 22.8. The molecule has 8 nitrogen and oxygen atoms in total. The highest BCUT2D eigenvalue weighted by Crippen LogP contribution is 2.43. The molecule has 5 rings (SSSR count). The zero-order valence-corrected chi connectivity index (χ0v) is 20.4. The van der Waals surface area contributed by atoms with Crippen LogP contribution in [0, 0.1) is 13.8 Å². The fraction of sp³-hybridized carbons (Fsp3) is 0.231. The van der Waals surface area contributed by atoms with Crippen molar-refractivity contribution in [2.24, 2.45) is 0 Å². The first-order valence-electron chi connectivity index (χ1n) is 11.0. The van der Waals surface area contributed by atoms with E-state index < -0.39 is 17.9 Å². The van der Waals surface area contributed by atoms with E-state index in [0.29, 0.717) is 32.9 Å². The number of benzene rings is 2. The molecular weight excluding hydrogens is 468 g/mol. The van der Waals surface area contributed by atoms with Gasteiger partial charge in [0.15, 0.2) is 10.6 Å². The number of aromatic nitrogens is 1. The van der Waals surface area contributed by atoms with Gasteiger partial charge in [-0.25, -0.2) is 9.78 Å². The first-order valence-corrected chi connectivity index (χ1v) is 11.8. The maximum absolute atomic E-state index is 13.7. The van der Waals surface area contributed by atoms with Crippen LogP contribution in [0.2, 0.25) is 0 Å². The summed E-state index contributed by atoms with van der Waals surface area (Å²) < 4.78 is 16.5. The van der Waals surface area contributed by atoms with Crippen LogP contribution in [-0.4, -0.2) is 30.6 Å². The zero-order chi connectivity index (χ0) is 24.9. The number of fused-ring (bicyclic) bond motifs is 2. The molecule has 0 aliphatic carbocycles. The van der Waals surface area contributed by atoms with Crippen molar-refractivity contribution in [3.63, 3.8) is 0 Å². The van der Waals surface area contributed by atoms with Crippen molar-refractivity contribution in [1.29, 1.82) is 0 Å². The van der Waals surface area contributed by atoms with Crippen molar-refractivity contribution < 1.29 is 23.5 Å². The van der Waals surface area contributed by atoms with Crippen LogP contribution in [-0.2, 0) is 4.74 Å². The van der Waals surface area contributed by atoms with Gasteiger partial charge in [-0.2, -0.15) is 0 Å². The molecule has 1 atom stereocenters. The molecule has 0 fully saturated rings. The summed E-state index contributed by atoms with van der Waals surface area (Å²) in [4.78, 5) is 46.1. The lowest BCUT2D eigenvalue weighted by Gasteiger charge is -2.22. The Labute approximate surface area is 204 Å². The monoisotopic (exact) mass is 490 g/mol. The Morgan fingerprint density at radius 1 is 1.17 bits per heavy atom. The van der Waals surface area contributed by atoms with Gasteiger partial charge >= 0.3 is 5.97 Å². The fourth-order valence-electron chi connectivity index (χ4n) is 4.28. The molecule has 0 saturated carbocycles. The van der Waals surface area contributed by atoms with E-state index in [0.717, 1.165) is 16.9 Å². The van der Waals surface area contributed by atoms with Crippen molar-refractivity contribution in [3.8, 4) is 5.75 Å². The third kappa shape index (κ3) is 3.68. The van der Waals surface area contributed by atoms with Crippen LogP contribution in [0.25, 0.3) is 11.0 Å². The predicted octanol–water partition coefficient (Wildman–Crippen LogP) is 4.80. The number of carbonyl (C=O) groups excluding carboxylic acids is 2. The number of hydrogen-bond donors (Lipinski definition) is 0. The minimum absolute atomic E-state index is 0.0373. The summed E-state index contributed by atoms with van der Waals surface area (Å²) in [5, 5.41) is 0.670. The van der Waals surface area contributed by atoms with E-state index in [1.165, 1.54) is 4.90 Å². The lowest BCUT2D eigenvalue weighted by Crippen LogP contribution is -2.29. The zero-order valence-electron chi connectivity index (χ0n) is 19.6. The standard InChI is InChI=1S/C26H22N2O6S/c1-5-33-25(31)23-14(3)27-26(35-23)28-20(15-7-6-8-16(12-15)32-4)19-21(29)17-11-13(2)9-10-18(17)34-22(19)24(28)30/h6-12,20H,5H2,1-4H3. The van der Waals surface area contributed by atoms with Gasteiger partial charge in [0.2, 0.25) is 5.76 Å². The number of thiazole rings is 1. The normalized spacial score (nSPS) is 14.9. The second-order valence-electron chi connectivity index (χ2n) is 8.16. The van der Waals surface area contributed by atoms with E-state index >= 15 is 0 Å². The fourth-order valence-corrected chi connectivity index (χ4v) is 5.27. The summed E-state index contributed by atoms with van der Waals surface area (Å²) in [6.45, 7) is 5.51. The van der Waals surface area contributed by atoms with Gasteiger partial charge < -0.3 is 13.9 Å². The molecule has 178 valence electrons. The van der Waals surface area contributed by atoms with E-state index in [9.17, 15) is 14.4 Å². The number of hydrogen-bond acceptors (Lipinski definition) is 8. The number of amides is 1. The molecule has 1 unspecified atom stereocenters. The number of esters is 1. The Balaban J connectivity index is 1.76. The molecule has 1 aliphatic heterocycles. The highest BCUT2D eigenvalue weighted by molar-refractivity contribution is 7.17. The van der Waals surface area contributed by atoms with E-state index in [1.54, 1.807) is 51.3 Å². The van der Waals surface area contributed by atoms with Crippen LogP contribution in [0.4, 0.5) is 5.13 Å². The molecule has 3 heterocycles. The molecule has 2 aromatic heterocycles. The highest BCUT2D eigenvalue weighted by atomic mass is 32.1. The van der Waals surface area contributed by atoms with Crippen molar-refractivity contribution in [3.05, 3.63) is 85.7 Å². The molecule has 0 bridgehead atoms. The third-order valence-electron chi connectivity index (χ3n) is 5.89. The maximum atomic E-state index is 13.7. The highest BCUT2D eigenvalue weighted by Gasteiger charge is 2.45. The Morgan fingerprint density at radius 2 is 1.97 bits per heavy atom.